The lowest BCUT2D eigenvalue weighted by atomic mass is 10.3. The molecule has 3 nitrogen and oxygen atoms in total. The quantitative estimate of drug-likeness (QED) is 0.107. The second-order valence-corrected chi connectivity index (χ2v) is 4.57. The molecule has 1 rings (SSSR count). The summed E-state index contributed by atoms with van der Waals surface area (Å²) in [4.78, 5) is 11.1. The molecular formula is C11H8F5IO3. The van der Waals surface area contributed by atoms with Gasteiger partial charge in [0.25, 0.3) is 0 Å². The molecule has 0 saturated carbocycles. The summed E-state index contributed by atoms with van der Waals surface area (Å²) in [6, 6.07) is 0. The molecule has 1 aromatic rings. The lowest BCUT2D eigenvalue weighted by molar-refractivity contribution is 0.0938. The van der Waals surface area contributed by atoms with Gasteiger partial charge in [-0.3, -0.25) is 0 Å². The average Bonchev–Trinajstić information content (AvgIpc) is 2.44. The van der Waals surface area contributed by atoms with Gasteiger partial charge in [0.05, 0.1) is 6.61 Å². The largest absolute Gasteiger partial charge is 0.514 e. The first-order valence-corrected chi connectivity index (χ1v) is 6.84. The molecule has 0 aliphatic rings. The van der Waals surface area contributed by atoms with Gasteiger partial charge in [0.2, 0.25) is 34.8 Å². The Morgan fingerprint density at radius 2 is 1.40 bits per heavy atom. The van der Waals surface area contributed by atoms with E-state index in [4.69, 9.17) is 0 Å². The molecular weight excluding hydrogens is 402 g/mol. The number of carbonyl (C=O) groups is 1. The van der Waals surface area contributed by atoms with Crippen molar-refractivity contribution >= 4 is 28.7 Å². The number of benzene rings is 1. The smallest absolute Gasteiger partial charge is 0.434 e. The number of alkyl halides is 1. The molecule has 112 valence electrons. The fourth-order valence-electron chi connectivity index (χ4n) is 1.14. The number of halogens is 6. The molecule has 0 aliphatic heterocycles. The molecule has 9 heteroatoms. The third-order valence-electron chi connectivity index (χ3n) is 2.10. The van der Waals surface area contributed by atoms with Crippen LogP contribution in [0.2, 0.25) is 0 Å². The zero-order chi connectivity index (χ0) is 15.3. The van der Waals surface area contributed by atoms with Crippen molar-refractivity contribution in [2.24, 2.45) is 0 Å². The Labute approximate surface area is 124 Å². The second-order valence-electron chi connectivity index (χ2n) is 3.50. The highest BCUT2D eigenvalue weighted by Crippen LogP contribution is 2.29. The summed E-state index contributed by atoms with van der Waals surface area (Å²) in [7, 11) is 0. The van der Waals surface area contributed by atoms with Gasteiger partial charge in [-0.15, -0.1) is 0 Å². The van der Waals surface area contributed by atoms with Gasteiger partial charge in [0.1, 0.15) is 0 Å². The van der Waals surface area contributed by atoms with Crippen LogP contribution in [-0.4, -0.2) is 17.2 Å². The SMILES string of the molecule is O=C(OCCCCI)Oc1c(F)c(F)c(F)c(F)c1F. The molecule has 0 unspecified atom stereocenters. The van der Waals surface area contributed by atoms with E-state index in [0.717, 1.165) is 10.8 Å². The molecule has 0 saturated heterocycles. The van der Waals surface area contributed by atoms with Gasteiger partial charge in [-0.05, 0) is 17.3 Å². The van der Waals surface area contributed by atoms with Crippen molar-refractivity contribution in [3.05, 3.63) is 29.1 Å². The van der Waals surface area contributed by atoms with Crippen molar-refractivity contribution in [1.29, 1.82) is 0 Å². The molecule has 0 N–H and O–H groups in total. The van der Waals surface area contributed by atoms with Crippen LogP contribution in [0.5, 0.6) is 5.75 Å². The van der Waals surface area contributed by atoms with Crippen molar-refractivity contribution in [3.8, 4) is 5.75 Å². The van der Waals surface area contributed by atoms with Crippen LogP contribution in [0.15, 0.2) is 0 Å². The van der Waals surface area contributed by atoms with Crippen LogP contribution >= 0.6 is 22.6 Å². The maximum absolute atomic E-state index is 13.2. The molecule has 0 heterocycles. The van der Waals surface area contributed by atoms with Gasteiger partial charge >= 0.3 is 6.16 Å². The van der Waals surface area contributed by atoms with Crippen molar-refractivity contribution in [3.63, 3.8) is 0 Å². The number of hydrogen-bond donors (Lipinski definition) is 0. The zero-order valence-corrected chi connectivity index (χ0v) is 12.0. The summed E-state index contributed by atoms with van der Waals surface area (Å²) in [6.07, 6.45) is -0.326. The maximum atomic E-state index is 13.2. The van der Waals surface area contributed by atoms with Crippen molar-refractivity contribution < 1.29 is 36.2 Å². The van der Waals surface area contributed by atoms with E-state index in [1.807, 2.05) is 0 Å². The summed E-state index contributed by atoms with van der Waals surface area (Å²) in [5, 5.41) is 0. The van der Waals surface area contributed by atoms with E-state index < -0.39 is 41.0 Å². The maximum Gasteiger partial charge on any atom is 0.514 e. The monoisotopic (exact) mass is 410 g/mol. The summed E-state index contributed by atoms with van der Waals surface area (Å²) < 4.78 is 73.9. The molecule has 0 bridgehead atoms. The van der Waals surface area contributed by atoms with Crippen LogP contribution in [0.3, 0.4) is 0 Å². The van der Waals surface area contributed by atoms with E-state index >= 15 is 0 Å². The van der Waals surface area contributed by atoms with Crippen molar-refractivity contribution in [2.75, 3.05) is 11.0 Å². The zero-order valence-electron chi connectivity index (χ0n) is 9.82. The number of carbonyl (C=O) groups excluding carboxylic acids is 1. The van der Waals surface area contributed by atoms with Crippen LogP contribution in [0.4, 0.5) is 26.7 Å². The number of rotatable bonds is 5. The summed E-state index contributed by atoms with van der Waals surface area (Å²) >= 11 is 2.09. The molecule has 0 aromatic heterocycles. The summed E-state index contributed by atoms with van der Waals surface area (Å²) in [5.41, 5.74) is 0. The molecule has 0 radical (unpaired) electrons. The molecule has 20 heavy (non-hydrogen) atoms. The fourth-order valence-corrected chi connectivity index (χ4v) is 1.68. The highest BCUT2D eigenvalue weighted by atomic mass is 127. The number of hydrogen-bond acceptors (Lipinski definition) is 3. The topological polar surface area (TPSA) is 35.5 Å². The molecule has 0 spiro atoms. The first-order chi connectivity index (χ1) is 9.40. The Morgan fingerprint density at radius 1 is 0.900 bits per heavy atom. The highest BCUT2D eigenvalue weighted by Gasteiger charge is 2.28. The van der Waals surface area contributed by atoms with Crippen LogP contribution in [-0.2, 0) is 4.74 Å². The van der Waals surface area contributed by atoms with Crippen LogP contribution in [0.1, 0.15) is 12.8 Å². The van der Waals surface area contributed by atoms with Gasteiger partial charge in [-0.2, -0.15) is 8.78 Å². The normalized spacial score (nSPS) is 10.5. The van der Waals surface area contributed by atoms with E-state index in [-0.39, 0.29) is 6.61 Å². The Morgan fingerprint density at radius 3 is 1.90 bits per heavy atom. The van der Waals surface area contributed by atoms with Gasteiger partial charge in [-0.25, -0.2) is 18.0 Å². The van der Waals surface area contributed by atoms with Crippen LogP contribution < -0.4 is 4.74 Å². The minimum atomic E-state index is -2.33. The lowest BCUT2D eigenvalue weighted by Crippen LogP contribution is -2.15. The lowest BCUT2D eigenvalue weighted by Gasteiger charge is -2.08. The Balaban J connectivity index is 2.80. The first-order valence-electron chi connectivity index (χ1n) is 5.32. The van der Waals surface area contributed by atoms with Gasteiger partial charge in [0, 0.05) is 0 Å². The Kier molecular flexibility index (Phi) is 6.43. The minimum Gasteiger partial charge on any atom is -0.434 e. The molecule has 0 fully saturated rings. The van der Waals surface area contributed by atoms with E-state index in [1.54, 1.807) is 0 Å². The molecule has 0 amide bonds. The third kappa shape index (κ3) is 3.93. The fraction of sp³-hybridized carbons (Fsp3) is 0.364. The molecule has 0 atom stereocenters. The number of ether oxygens (including phenoxy) is 2. The minimum absolute atomic E-state index is 0.0861. The van der Waals surface area contributed by atoms with Gasteiger partial charge in [-0.1, -0.05) is 22.6 Å². The van der Waals surface area contributed by atoms with E-state index in [9.17, 15) is 26.7 Å². The van der Waals surface area contributed by atoms with Crippen LogP contribution in [0.25, 0.3) is 0 Å². The number of unbranched alkanes of at least 4 members (excludes halogenated alkanes) is 1. The standard InChI is InChI=1S/C11H8F5IO3/c12-5-6(13)8(15)10(9(16)7(5)14)20-11(18)19-4-2-1-3-17/h1-4H2. The van der Waals surface area contributed by atoms with E-state index in [0.29, 0.717) is 6.42 Å². The van der Waals surface area contributed by atoms with Crippen molar-refractivity contribution in [2.45, 2.75) is 12.8 Å². The van der Waals surface area contributed by atoms with E-state index in [2.05, 4.69) is 32.1 Å². The summed E-state index contributed by atoms with van der Waals surface area (Å²) in [5.74, 6) is -12.9. The van der Waals surface area contributed by atoms with E-state index in [1.165, 1.54) is 0 Å². The van der Waals surface area contributed by atoms with Crippen molar-refractivity contribution in [1.82, 2.24) is 0 Å². The predicted molar refractivity (Wildman–Crippen MR) is 66.3 cm³/mol. The predicted octanol–water partition coefficient (Wildman–Crippen LogP) is 4.11. The second kappa shape index (κ2) is 7.60. The third-order valence-corrected chi connectivity index (χ3v) is 2.87. The first kappa shape index (κ1) is 16.9. The molecule has 0 aliphatic carbocycles. The summed E-state index contributed by atoms with van der Waals surface area (Å²) in [6.45, 7) is -0.0861. The van der Waals surface area contributed by atoms with Gasteiger partial charge < -0.3 is 9.47 Å². The Bertz CT molecular complexity index is 480. The highest BCUT2D eigenvalue weighted by molar-refractivity contribution is 14.1. The Hall–Kier alpha value is -1.13. The average molecular weight is 410 g/mol. The molecule has 1 aromatic carbocycles. The van der Waals surface area contributed by atoms with Crippen LogP contribution in [0, 0.1) is 29.1 Å². The van der Waals surface area contributed by atoms with Gasteiger partial charge in [0.15, 0.2) is 0 Å².